The average Bonchev–Trinajstić information content (AvgIpc) is 2.94. The van der Waals surface area contributed by atoms with Gasteiger partial charge in [-0.05, 0) is 111 Å². The van der Waals surface area contributed by atoms with E-state index in [1.807, 2.05) is 54.3 Å². The van der Waals surface area contributed by atoms with Crippen LogP contribution in [0.2, 0.25) is 0 Å². The Morgan fingerprint density at radius 3 is 2.17 bits per heavy atom. The lowest BCUT2D eigenvalue weighted by molar-refractivity contribution is -0.138. The summed E-state index contributed by atoms with van der Waals surface area (Å²) in [6.45, 7) is 2.51. The molecule has 0 heterocycles. The quantitative estimate of drug-likeness (QED) is 0.259. The Morgan fingerprint density at radius 1 is 0.902 bits per heavy atom. The van der Waals surface area contributed by atoms with Gasteiger partial charge >= 0.3 is 12.0 Å². The first-order chi connectivity index (χ1) is 19.9. The summed E-state index contributed by atoms with van der Waals surface area (Å²) in [5, 5.41) is 13.1. The Balaban J connectivity index is 1.21. The summed E-state index contributed by atoms with van der Waals surface area (Å²) in [7, 11) is 0. The number of amides is 2. The molecule has 2 N–H and O–H groups in total. The molecule has 5 nitrogen and oxygen atoms in total. The minimum atomic E-state index is -0.789. The molecule has 4 fully saturated rings. The maximum atomic E-state index is 14.1. The number of carbonyl (C=O) groups is 2. The molecule has 0 saturated heterocycles. The highest BCUT2D eigenvalue weighted by Gasteiger charge is 2.51. The molecular formula is C35H40N2O3S. The van der Waals surface area contributed by atoms with E-state index in [4.69, 9.17) is 0 Å². The summed E-state index contributed by atoms with van der Waals surface area (Å²) < 4.78 is 0. The first-order valence-corrected chi connectivity index (χ1v) is 16.0. The Bertz CT molecular complexity index is 1340. The molecule has 4 saturated carbocycles. The zero-order chi connectivity index (χ0) is 28.4. The molecule has 214 valence electrons. The average molecular weight is 569 g/mol. The van der Waals surface area contributed by atoms with Crippen molar-refractivity contribution in [1.29, 1.82) is 0 Å². The van der Waals surface area contributed by atoms with Gasteiger partial charge in [0.1, 0.15) is 0 Å². The van der Waals surface area contributed by atoms with Gasteiger partial charge in [0.15, 0.2) is 0 Å². The molecule has 4 aliphatic rings. The van der Waals surface area contributed by atoms with Crippen LogP contribution in [0.3, 0.4) is 0 Å². The number of anilines is 1. The van der Waals surface area contributed by atoms with E-state index < -0.39 is 11.9 Å². The second-order valence-corrected chi connectivity index (χ2v) is 13.6. The molecule has 3 aromatic rings. The van der Waals surface area contributed by atoms with Crippen molar-refractivity contribution in [3.63, 3.8) is 0 Å². The molecule has 0 aliphatic heterocycles. The molecule has 0 aromatic heterocycles. The van der Waals surface area contributed by atoms with Crippen molar-refractivity contribution in [3.8, 4) is 0 Å². The van der Waals surface area contributed by atoms with Crippen LogP contribution in [0.4, 0.5) is 10.5 Å². The molecular weight excluding hydrogens is 528 g/mol. The van der Waals surface area contributed by atoms with Gasteiger partial charge in [0.05, 0.1) is 5.92 Å². The number of benzene rings is 3. The minimum absolute atomic E-state index is 0.0219. The maximum absolute atomic E-state index is 14.1. The van der Waals surface area contributed by atoms with E-state index in [1.54, 1.807) is 11.8 Å². The number of carbonyl (C=O) groups excluding carboxylic acids is 1. The summed E-state index contributed by atoms with van der Waals surface area (Å²) >= 11 is 1.63. The molecule has 4 aliphatic carbocycles. The Morgan fingerprint density at radius 2 is 1.56 bits per heavy atom. The molecule has 3 aromatic carbocycles. The zero-order valence-corrected chi connectivity index (χ0v) is 24.6. The van der Waals surface area contributed by atoms with Crippen molar-refractivity contribution in [2.45, 2.75) is 79.5 Å². The largest absolute Gasteiger partial charge is 0.481 e. The highest BCUT2D eigenvalue weighted by atomic mass is 32.2. The molecule has 41 heavy (non-hydrogen) atoms. The van der Waals surface area contributed by atoms with Crippen molar-refractivity contribution >= 4 is 29.4 Å². The first kappa shape index (κ1) is 27.9. The number of carboxylic acids is 1. The lowest BCUT2D eigenvalue weighted by Gasteiger charge is -2.57. The monoisotopic (exact) mass is 568 g/mol. The van der Waals surface area contributed by atoms with Crippen LogP contribution in [0.25, 0.3) is 0 Å². The third kappa shape index (κ3) is 6.33. The van der Waals surface area contributed by atoms with Crippen molar-refractivity contribution in [3.05, 3.63) is 90.0 Å². The number of urea groups is 1. The number of nitrogens with zero attached hydrogens (tertiary/aromatic N) is 1. The third-order valence-corrected chi connectivity index (χ3v) is 10.5. The Labute approximate surface area is 247 Å². The van der Waals surface area contributed by atoms with Crippen molar-refractivity contribution in [2.75, 3.05) is 11.4 Å². The molecule has 7 rings (SSSR count). The van der Waals surface area contributed by atoms with E-state index in [1.165, 1.54) is 24.8 Å². The first-order valence-electron chi connectivity index (χ1n) is 15.1. The molecule has 1 atom stereocenters. The van der Waals surface area contributed by atoms with Crippen LogP contribution < -0.4 is 10.2 Å². The summed E-state index contributed by atoms with van der Waals surface area (Å²) in [6.07, 6.45) is 8.79. The van der Waals surface area contributed by atoms with Crippen molar-refractivity contribution in [1.82, 2.24) is 5.32 Å². The van der Waals surface area contributed by atoms with Gasteiger partial charge in [-0.25, -0.2) is 4.79 Å². The van der Waals surface area contributed by atoms with E-state index in [-0.39, 0.29) is 11.6 Å². The van der Waals surface area contributed by atoms with Gasteiger partial charge in [0, 0.05) is 27.6 Å². The number of rotatable bonds is 10. The van der Waals surface area contributed by atoms with Crippen LogP contribution in [0.15, 0.2) is 88.7 Å². The van der Waals surface area contributed by atoms with Crippen molar-refractivity contribution < 1.29 is 14.7 Å². The van der Waals surface area contributed by atoms with Gasteiger partial charge in [-0.1, -0.05) is 67.2 Å². The predicted molar refractivity (Wildman–Crippen MR) is 165 cm³/mol. The van der Waals surface area contributed by atoms with E-state index >= 15 is 0 Å². The van der Waals surface area contributed by atoms with E-state index in [2.05, 4.69) is 41.7 Å². The van der Waals surface area contributed by atoms with Gasteiger partial charge in [-0.3, -0.25) is 9.69 Å². The number of aliphatic carboxylic acids is 1. The number of hydrogen-bond acceptors (Lipinski definition) is 3. The second-order valence-electron chi connectivity index (χ2n) is 12.5. The van der Waals surface area contributed by atoms with Gasteiger partial charge in [-0.15, -0.1) is 0 Å². The fourth-order valence-electron chi connectivity index (χ4n) is 7.96. The van der Waals surface area contributed by atoms with E-state index in [0.717, 1.165) is 64.5 Å². The SMILES string of the molecule is CCC(C(=O)O)c1ccc(Sc2cccc(N(CCc3ccccc3)C(=O)NC34CC5CC(CC(C5)C3)C4)c2)cc1. The number of nitrogens with one attached hydrogen (secondary N) is 1. The van der Waals surface area contributed by atoms with Crippen LogP contribution in [0.1, 0.15) is 68.9 Å². The summed E-state index contributed by atoms with van der Waals surface area (Å²) in [4.78, 5) is 29.7. The van der Waals surface area contributed by atoms with Crippen LogP contribution in [-0.2, 0) is 11.2 Å². The Hall–Kier alpha value is -3.25. The fourth-order valence-corrected chi connectivity index (χ4v) is 8.83. The molecule has 4 bridgehead atoms. The van der Waals surface area contributed by atoms with Crippen LogP contribution >= 0.6 is 11.8 Å². The highest BCUT2D eigenvalue weighted by Crippen LogP contribution is 2.55. The fraction of sp³-hybridized carbons (Fsp3) is 0.429. The molecule has 2 amide bonds. The van der Waals surface area contributed by atoms with Crippen LogP contribution in [0, 0.1) is 17.8 Å². The lowest BCUT2D eigenvalue weighted by atomic mass is 9.53. The van der Waals surface area contributed by atoms with Gasteiger partial charge < -0.3 is 10.4 Å². The number of hydrogen-bond donors (Lipinski definition) is 2. The minimum Gasteiger partial charge on any atom is -0.481 e. The molecule has 0 radical (unpaired) electrons. The van der Waals surface area contributed by atoms with Crippen LogP contribution in [-0.4, -0.2) is 29.2 Å². The van der Waals surface area contributed by atoms with Gasteiger partial charge in [-0.2, -0.15) is 0 Å². The highest BCUT2D eigenvalue weighted by molar-refractivity contribution is 7.99. The Kier molecular flexibility index (Phi) is 8.12. The maximum Gasteiger partial charge on any atom is 0.322 e. The smallest absolute Gasteiger partial charge is 0.322 e. The van der Waals surface area contributed by atoms with Crippen LogP contribution in [0.5, 0.6) is 0 Å². The summed E-state index contributed by atoms with van der Waals surface area (Å²) in [5.41, 5.74) is 2.91. The molecule has 6 heteroatoms. The standard InChI is InChI=1S/C35H40N2O3S/c1-2-32(33(38)39)28-11-13-30(14-12-28)41-31-10-6-9-29(20-31)37(16-15-24-7-4-3-5-8-24)34(40)36-35-21-25-17-26(22-35)19-27(18-25)23-35/h3-14,20,25-27,32H,2,15-19,21-23H2,1H3,(H,36,40)(H,38,39). The van der Waals surface area contributed by atoms with Gasteiger partial charge in [0.2, 0.25) is 0 Å². The van der Waals surface area contributed by atoms with Crippen molar-refractivity contribution in [2.24, 2.45) is 17.8 Å². The molecule has 1 unspecified atom stereocenters. The molecule has 0 spiro atoms. The van der Waals surface area contributed by atoms with E-state index in [9.17, 15) is 14.7 Å². The topological polar surface area (TPSA) is 69.6 Å². The third-order valence-electron chi connectivity index (χ3n) is 9.48. The second kappa shape index (κ2) is 11.9. The summed E-state index contributed by atoms with van der Waals surface area (Å²) in [5.74, 6) is 1.04. The predicted octanol–water partition coefficient (Wildman–Crippen LogP) is 8.14. The van der Waals surface area contributed by atoms with E-state index in [0.29, 0.717) is 13.0 Å². The van der Waals surface area contributed by atoms with Gasteiger partial charge in [0.25, 0.3) is 0 Å². The lowest BCUT2D eigenvalue weighted by Crippen LogP contribution is -2.62. The summed E-state index contributed by atoms with van der Waals surface area (Å²) in [6, 6.07) is 26.5. The normalized spacial score (nSPS) is 25.0. The number of carboxylic acid groups (broad SMARTS) is 1. The zero-order valence-electron chi connectivity index (χ0n) is 23.8.